The topological polar surface area (TPSA) is 40.5 Å². The van der Waals surface area contributed by atoms with Crippen LogP contribution < -0.4 is 0 Å². The molecule has 3 nitrogen and oxygen atoms in total. The van der Waals surface area contributed by atoms with Gasteiger partial charge in [-0.25, -0.2) is 0 Å². The van der Waals surface area contributed by atoms with Crippen LogP contribution in [0.25, 0.3) is 0 Å². The zero-order chi connectivity index (χ0) is 12.1. The maximum Gasteiger partial charge on any atom is 0.127 e. The average Bonchev–Trinajstić information content (AvgIpc) is 2.00. The third kappa shape index (κ3) is 6.63. The van der Waals surface area contributed by atoms with E-state index in [1.807, 2.05) is 18.9 Å². The number of aliphatic hydroxyl groups is 1. The van der Waals surface area contributed by atoms with Gasteiger partial charge in [0, 0.05) is 18.5 Å². The summed E-state index contributed by atoms with van der Waals surface area (Å²) in [6, 6.07) is 0. The number of carbonyl (C=O) groups excluding carboxylic acids is 1. The molecule has 0 fully saturated rings. The molecule has 0 aromatic rings. The summed E-state index contributed by atoms with van der Waals surface area (Å²) in [5.74, 6) is 0. The third-order valence-electron chi connectivity index (χ3n) is 2.39. The molecule has 1 N–H and O–H groups in total. The van der Waals surface area contributed by atoms with Crippen LogP contribution in [-0.2, 0) is 4.79 Å². The van der Waals surface area contributed by atoms with Crippen molar-refractivity contribution < 1.29 is 9.90 Å². The van der Waals surface area contributed by atoms with Gasteiger partial charge in [-0.2, -0.15) is 0 Å². The molecule has 0 aliphatic rings. The first-order valence-corrected chi connectivity index (χ1v) is 5.60. The largest absolute Gasteiger partial charge is 0.389 e. The van der Waals surface area contributed by atoms with E-state index in [4.69, 9.17) is 0 Å². The van der Waals surface area contributed by atoms with Crippen LogP contribution in [0.15, 0.2) is 0 Å². The van der Waals surface area contributed by atoms with E-state index in [1.54, 1.807) is 13.8 Å². The van der Waals surface area contributed by atoms with Gasteiger partial charge in [-0.3, -0.25) is 0 Å². The number of nitrogens with zero attached hydrogens (tertiary/aromatic N) is 1. The third-order valence-corrected chi connectivity index (χ3v) is 2.39. The molecule has 0 aliphatic heterocycles. The number of aldehydes is 1. The second kappa shape index (κ2) is 5.61. The van der Waals surface area contributed by atoms with E-state index < -0.39 is 5.60 Å². The predicted octanol–water partition coefficient (Wildman–Crippen LogP) is 1.69. The number of rotatable bonds is 7. The van der Waals surface area contributed by atoms with Gasteiger partial charge in [0.05, 0.1) is 5.60 Å². The number of likely N-dealkylation sites (N-methyl/N-ethyl adjacent to an activating group) is 1. The van der Waals surface area contributed by atoms with Crippen molar-refractivity contribution >= 4 is 6.29 Å². The fourth-order valence-corrected chi connectivity index (χ4v) is 2.08. The van der Waals surface area contributed by atoms with E-state index >= 15 is 0 Å². The van der Waals surface area contributed by atoms with Gasteiger partial charge < -0.3 is 14.8 Å². The lowest BCUT2D eigenvalue weighted by molar-refractivity contribution is -0.117. The molecule has 0 rings (SSSR count). The minimum Gasteiger partial charge on any atom is -0.389 e. The van der Waals surface area contributed by atoms with E-state index in [0.29, 0.717) is 13.1 Å². The molecule has 1 atom stereocenters. The summed E-state index contributed by atoms with van der Waals surface area (Å²) in [6.45, 7) is 8.90. The van der Waals surface area contributed by atoms with Crippen molar-refractivity contribution in [1.82, 2.24) is 4.90 Å². The van der Waals surface area contributed by atoms with Crippen molar-refractivity contribution in [3.63, 3.8) is 0 Å². The van der Waals surface area contributed by atoms with Crippen molar-refractivity contribution in [3.8, 4) is 0 Å². The number of hydrogen-bond acceptors (Lipinski definition) is 3. The lowest BCUT2D eigenvalue weighted by Gasteiger charge is -2.32. The van der Waals surface area contributed by atoms with Gasteiger partial charge in [0.25, 0.3) is 0 Å². The zero-order valence-electron chi connectivity index (χ0n) is 10.7. The molecule has 0 saturated carbocycles. The molecule has 15 heavy (non-hydrogen) atoms. The SMILES string of the molecule is CCCC(C)(C=O)CN(C)CC(C)(C)O. The second-order valence-corrected chi connectivity index (χ2v) is 5.51. The normalized spacial score (nSPS) is 16.5. The summed E-state index contributed by atoms with van der Waals surface area (Å²) in [5.41, 5.74) is -0.987. The summed E-state index contributed by atoms with van der Waals surface area (Å²) >= 11 is 0. The first-order chi connectivity index (χ1) is 6.72. The summed E-state index contributed by atoms with van der Waals surface area (Å²) in [4.78, 5) is 13.0. The van der Waals surface area contributed by atoms with Crippen LogP contribution in [0, 0.1) is 5.41 Å². The van der Waals surface area contributed by atoms with Gasteiger partial charge in [-0.15, -0.1) is 0 Å². The Balaban J connectivity index is 4.24. The molecular weight excluding hydrogens is 190 g/mol. The molecule has 0 aromatic heterocycles. The molecule has 0 radical (unpaired) electrons. The van der Waals surface area contributed by atoms with E-state index in [1.165, 1.54) is 0 Å². The van der Waals surface area contributed by atoms with Crippen LogP contribution in [0.1, 0.15) is 40.5 Å². The highest BCUT2D eigenvalue weighted by atomic mass is 16.3. The van der Waals surface area contributed by atoms with Gasteiger partial charge in [0.15, 0.2) is 0 Å². The zero-order valence-corrected chi connectivity index (χ0v) is 10.7. The van der Waals surface area contributed by atoms with E-state index in [9.17, 15) is 9.90 Å². The molecule has 0 aromatic carbocycles. The minimum atomic E-state index is -0.704. The van der Waals surface area contributed by atoms with E-state index in [0.717, 1.165) is 19.1 Å². The molecule has 1 unspecified atom stereocenters. The molecule has 0 amide bonds. The highest BCUT2D eigenvalue weighted by molar-refractivity contribution is 5.58. The van der Waals surface area contributed by atoms with Crippen LogP contribution in [-0.4, -0.2) is 42.0 Å². The van der Waals surface area contributed by atoms with Crippen molar-refractivity contribution in [2.24, 2.45) is 5.41 Å². The van der Waals surface area contributed by atoms with Crippen molar-refractivity contribution in [2.45, 2.75) is 46.1 Å². The molecular formula is C12H25NO2. The number of hydrogen-bond donors (Lipinski definition) is 1. The Morgan fingerprint density at radius 2 is 1.80 bits per heavy atom. The minimum absolute atomic E-state index is 0.283. The standard InChI is InChI=1S/C12H25NO2/c1-6-7-12(4,10-14)9-13(5)8-11(2,3)15/h10,15H,6-9H2,1-5H3. The van der Waals surface area contributed by atoms with Crippen molar-refractivity contribution in [3.05, 3.63) is 0 Å². The maximum absolute atomic E-state index is 11.0. The van der Waals surface area contributed by atoms with Gasteiger partial charge in [-0.05, 0) is 27.3 Å². The second-order valence-electron chi connectivity index (χ2n) is 5.51. The van der Waals surface area contributed by atoms with Gasteiger partial charge in [-0.1, -0.05) is 20.3 Å². The quantitative estimate of drug-likeness (QED) is 0.657. The first kappa shape index (κ1) is 14.6. The lowest BCUT2D eigenvalue weighted by Crippen LogP contribution is -2.42. The Labute approximate surface area is 93.5 Å². The van der Waals surface area contributed by atoms with Crippen LogP contribution in [0.3, 0.4) is 0 Å². The maximum atomic E-state index is 11.0. The summed E-state index contributed by atoms with van der Waals surface area (Å²) in [5, 5.41) is 9.66. The monoisotopic (exact) mass is 215 g/mol. The molecule has 3 heteroatoms. The Morgan fingerprint density at radius 1 is 1.27 bits per heavy atom. The summed E-state index contributed by atoms with van der Waals surface area (Å²) in [6.07, 6.45) is 2.94. The molecule has 0 saturated heterocycles. The van der Waals surface area contributed by atoms with Crippen LogP contribution in [0.5, 0.6) is 0 Å². The fraction of sp³-hybridized carbons (Fsp3) is 0.917. The number of carbonyl (C=O) groups is 1. The Kier molecular flexibility index (Phi) is 5.46. The van der Waals surface area contributed by atoms with E-state index in [2.05, 4.69) is 6.92 Å². The van der Waals surface area contributed by atoms with Gasteiger partial charge >= 0.3 is 0 Å². The fourth-order valence-electron chi connectivity index (χ4n) is 2.08. The molecule has 0 heterocycles. The van der Waals surface area contributed by atoms with Crippen LogP contribution in [0.4, 0.5) is 0 Å². The average molecular weight is 215 g/mol. The Bertz CT molecular complexity index is 198. The van der Waals surface area contributed by atoms with Gasteiger partial charge in [0.2, 0.25) is 0 Å². The van der Waals surface area contributed by atoms with Crippen LogP contribution >= 0.6 is 0 Å². The molecule has 0 aliphatic carbocycles. The smallest absolute Gasteiger partial charge is 0.127 e. The summed E-state index contributed by atoms with van der Waals surface area (Å²) < 4.78 is 0. The van der Waals surface area contributed by atoms with E-state index in [-0.39, 0.29) is 5.41 Å². The van der Waals surface area contributed by atoms with Gasteiger partial charge in [0.1, 0.15) is 6.29 Å². The van der Waals surface area contributed by atoms with Crippen molar-refractivity contribution in [2.75, 3.05) is 20.1 Å². The highest BCUT2D eigenvalue weighted by Gasteiger charge is 2.26. The predicted molar refractivity (Wildman–Crippen MR) is 62.9 cm³/mol. The Morgan fingerprint density at radius 3 is 2.13 bits per heavy atom. The van der Waals surface area contributed by atoms with Crippen LogP contribution in [0.2, 0.25) is 0 Å². The highest BCUT2D eigenvalue weighted by Crippen LogP contribution is 2.22. The van der Waals surface area contributed by atoms with Crippen molar-refractivity contribution in [1.29, 1.82) is 0 Å². The Hall–Kier alpha value is -0.410. The molecule has 90 valence electrons. The molecule has 0 bridgehead atoms. The lowest BCUT2D eigenvalue weighted by atomic mass is 9.86. The first-order valence-electron chi connectivity index (χ1n) is 5.60. The summed E-state index contributed by atoms with van der Waals surface area (Å²) in [7, 11) is 1.94. The molecule has 0 spiro atoms.